The van der Waals surface area contributed by atoms with Crippen molar-refractivity contribution in [1.82, 2.24) is 20.2 Å². The van der Waals surface area contributed by atoms with E-state index in [1.165, 1.54) is 6.20 Å². The zero-order valence-electron chi connectivity index (χ0n) is 20.4. The smallest absolute Gasteiger partial charge is 0.257 e. The lowest BCUT2D eigenvalue weighted by atomic mass is 9.90. The number of rotatable bonds is 6. The lowest BCUT2D eigenvalue weighted by molar-refractivity contribution is 0.0904. The Balaban J connectivity index is 1.57. The highest BCUT2D eigenvalue weighted by molar-refractivity contribution is 6.04. The lowest BCUT2D eigenvalue weighted by Gasteiger charge is -2.24. The Kier molecular flexibility index (Phi) is 7.18. The van der Waals surface area contributed by atoms with Gasteiger partial charge in [-0.25, -0.2) is 4.98 Å². The van der Waals surface area contributed by atoms with Gasteiger partial charge in [0.05, 0.1) is 46.4 Å². The minimum absolute atomic E-state index is 0.216. The fraction of sp³-hybridized carbons (Fsp3) is 0.346. The molecule has 0 radical (unpaired) electrons. The number of carbonyl (C=O) groups excluding carboxylic acids is 1. The van der Waals surface area contributed by atoms with Crippen LogP contribution in [0.25, 0.3) is 11.1 Å². The second-order valence-corrected chi connectivity index (χ2v) is 9.14. The average molecular weight is 483 g/mol. The number of hydrogen-bond donors (Lipinski definition) is 2. The third-order valence-electron chi connectivity index (χ3n) is 6.06. The summed E-state index contributed by atoms with van der Waals surface area (Å²) in [5.41, 5.74) is 2.91. The van der Waals surface area contributed by atoms with Gasteiger partial charge in [-0.15, -0.1) is 0 Å². The molecule has 2 N–H and O–H groups in total. The molecule has 1 saturated heterocycles. The third-order valence-corrected chi connectivity index (χ3v) is 6.06. The highest BCUT2D eigenvalue weighted by atomic mass is 16.5. The first kappa shape index (κ1) is 24.7. The van der Waals surface area contributed by atoms with Gasteiger partial charge in [-0.1, -0.05) is 0 Å². The van der Waals surface area contributed by atoms with Crippen LogP contribution in [0.5, 0.6) is 0 Å². The lowest BCUT2D eigenvalue weighted by Crippen LogP contribution is -2.28. The molecule has 0 aliphatic carbocycles. The second kappa shape index (κ2) is 10.5. The minimum atomic E-state index is -0.876. The number of aromatic nitrogens is 4. The number of pyridine rings is 2. The molecule has 3 aromatic heterocycles. The SMILES string of the molecule is Cc1ncc(NC(=O)c2cnnc(C(C)(C)C#N)c2)cc1-c1cnc(NC2CCOCC2)c(C#N)c1. The molecule has 0 atom stereocenters. The molecule has 0 bridgehead atoms. The molecule has 0 unspecified atom stereocenters. The van der Waals surface area contributed by atoms with E-state index in [1.54, 1.807) is 44.4 Å². The first-order valence-corrected chi connectivity index (χ1v) is 11.6. The number of amides is 1. The summed E-state index contributed by atoms with van der Waals surface area (Å²) < 4.78 is 5.40. The monoisotopic (exact) mass is 482 g/mol. The van der Waals surface area contributed by atoms with Gasteiger partial charge in [-0.3, -0.25) is 9.78 Å². The second-order valence-electron chi connectivity index (χ2n) is 9.14. The van der Waals surface area contributed by atoms with Crippen molar-refractivity contribution in [2.75, 3.05) is 23.8 Å². The van der Waals surface area contributed by atoms with Crippen LogP contribution in [-0.2, 0) is 10.2 Å². The van der Waals surface area contributed by atoms with E-state index in [0.29, 0.717) is 41.5 Å². The molecule has 0 spiro atoms. The number of aryl methyl sites for hydroxylation is 1. The van der Waals surface area contributed by atoms with Gasteiger partial charge in [-0.05, 0) is 51.8 Å². The summed E-state index contributed by atoms with van der Waals surface area (Å²) >= 11 is 0. The molecule has 1 aliphatic heterocycles. The molecule has 3 aromatic rings. The number of anilines is 2. The molecule has 182 valence electrons. The molecule has 1 aliphatic rings. The number of nitrogens with zero attached hydrogens (tertiary/aromatic N) is 6. The highest BCUT2D eigenvalue weighted by Crippen LogP contribution is 2.28. The first-order valence-electron chi connectivity index (χ1n) is 11.6. The molecule has 0 saturated carbocycles. The standard InChI is InChI=1S/C26H26N8O2/c1-16-22(18-8-17(11-27)24(30-12-18)32-20-4-6-36-7-5-20)10-21(14-29-16)33-25(35)19-9-23(34-31-13-19)26(2,3)15-28/h8-10,12-14,20H,4-7H2,1-3H3,(H,30,32)(H,33,35). The van der Waals surface area contributed by atoms with Crippen molar-refractivity contribution >= 4 is 17.4 Å². The zero-order chi connectivity index (χ0) is 25.7. The summed E-state index contributed by atoms with van der Waals surface area (Å²) in [6.07, 6.45) is 6.33. The maximum absolute atomic E-state index is 12.9. The number of hydrogen-bond acceptors (Lipinski definition) is 9. The van der Waals surface area contributed by atoms with Crippen LogP contribution in [0.1, 0.15) is 54.0 Å². The van der Waals surface area contributed by atoms with Crippen LogP contribution < -0.4 is 10.6 Å². The van der Waals surface area contributed by atoms with Crippen LogP contribution >= 0.6 is 0 Å². The van der Waals surface area contributed by atoms with Crippen molar-refractivity contribution in [3.8, 4) is 23.3 Å². The molecule has 4 heterocycles. The van der Waals surface area contributed by atoms with Crippen LogP contribution in [0.2, 0.25) is 0 Å². The van der Waals surface area contributed by atoms with Crippen LogP contribution in [0.4, 0.5) is 11.5 Å². The van der Waals surface area contributed by atoms with Gasteiger partial charge < -0.3 is 15.4 Å². The van der Waals surface area contributed by atoms with Gasteiger partial charge in [-0.2, -0.15) is 20.7 Å². The Labute approximate surface area is 209 Å². The Morgan fingerprint density at radius 3 is 2.61 bits per heavy atom. The molecule has 0 aromatic carbocycles. The molecule has 10 heteroatoms. The van der Waals surface area contributed by atoms with E-state index in [-0.39, 0.29) is 11.6 Å². The topological polar surface area (TPSA) is 150 Å². The summed E-state index contributed by atoms with van der Waals surface area (Å²) in [4.78, 5) is 21.8. The molecule has 10 nitrogen and oxygen atoms in total. The normalized spacial score (nSPS) is 13.9. The van der Waals surface area contributed by atoms with Crippen LogP contribution in [0.3, 0.4) is 0 Å². The van der Waals surface area contributed by atoms with E-state index < -0.39 is 11.3 Å². The average Bonchev–Trinajstić information content (AvgIpc) is 2.90. The van der Waals surface area contributed by atoms with Crippen molar-refractivity contribution < 1.29 is 9.53 Å². The Bertz CT molecular complexity index is 1370. The van der Waals surface area contributed by atoms with Crippen LogP contribution in [0, 0.1) is 29.6 Å². The van der Waals surface area contributed by atoms with Crippen LogP contribution in [-0.4, -0.2) is 45.3 Å². The maximum Gasteiger partial charge on any atom is 0.257 e. The van der Waals surface area contributed by atoms with Crippen molar-refractivity contribution in [1.29, 1.82) is 10.5 Å². The van der Waals surface area contributed by atoms with Gasteiger partial charge in [0, 0.05) is 42.3 Å². The van der Waals surface area contributed by atoms with Gasteiger partial charge in [0.2, 0.25) is 0 Å². The summed E-state index contributed by atoms with van der Waals surface area (Å²) in [6, 6.07) is 9.72. The maximum atomic E-state index is 12.9. The van der Waals surface area contributed by atoms with Gasteiger partial charge in [0.1, 0.15) is 11.9 Å². The van der Waals surface area contributed by atoms with E-state index in [0.717, 1.165) is 24.1 Å². The van der Waals surface area contributed by atoms with Gasteiger partial charge >= 0.3 is 0 Å². The quantitative estimate of drug-likeness (QED) is 0.535. The van der Waals surface area contributed by atoms with Crippen LogP contribution in [0.15, 0.2) is 36.8 Å². The number of carbonyl (C=O) groups is 1. The molecule has 1 amide bonds. The zero-order valence-corrected chi connectivity index (χ0v) is 20.4. The fourth-order valence-electron chi connectivity index (χ4n) is 3.80. The van der Waals surface area contributed by atoms with Gasteiger partial charge in [0.25, 0.3) is 5.91 Å². The Morgan fingerprint density at radius 2 is 1.89 bits per heavy atom. The van der Waals surface area contributed by atoms with Gasteiger partial charge in [0.15, 0.2) is 0 Å². The predicted molar refractivity (Wildman–Crippen MR) is 133 cm³/mol. The Hall–Kier alpha value is -4.41. The minimum Gasteiger partial charge on any atom is -0.381 e. The molecular weight excluding hydrogens is 456 g/mol. The Morgan fingerprint density at radius 1 is 1.11 bits per heavy atom. The number of nitriles is 2. The molecular formula is C26H26N8O2. The molecule has 1 fully saturated rings. The van der Waals surface area contributed by atoms with Crippen molar-refractivity contribution in [3.63, 3.8) is 0 Å². The van der Waals surface area contributed by atoms with Crippen molar-refractivity contribution in [2.45, 2.75) is 45.1 Å². The highest BCUT2D eigenvalue weighted by Gasteiger charge is 2.24. The van der Waals surface area contributed by atoms with E-state index in [4.69, 9.17) is 4.74 Å². The van der Waals surface area contributed by atoms with E-state index >= 15 is 0 Å². The van der Waals surface area contributed by atoms with E-state index in [2.05, 4.69) is 42.9 Å². The third kappa shape index (κ3) is 5.45. The van der Waals surface area contributed by atoms with E-state index in [9.17, 15) is 15.3 Å². The summed E-state index contributed by atoms with van der Waals surface area (Å²) in [5, 5.41) is 33.1. The van der Waals surface area contributed by atoms with Crippen molar-refractivity contribution in [2.24, 2.45) is 0 Å². The summed E-state index contributed by atoms with van der Waals surface area (Å²) in [5.74, 6) is 0.146. The first-order chi connectivity index (χ1) is 17.3. The molecule has 4 rings (SSSR count). The van der Waals surface area contributed by atoms with Crippen molar-refractivity contribution in [3.05, 3.63) is 59.3 Å². The number of nitrogens with one attached hydrogen (secondary N) is 2. The summed E-state index contributed by atoms with van der Waals surface area (Å²) in [6.45, 7) is 6.65. The summed E-state index contributed by atoms with van der Waals surface area (Å²) in [7, 11) is 0. The molecule has 36 heavy (non-hydrogen) atoms. The fourth-order valence-corrected chi connectivity index (χ4v) is 3.80. The van der Waals surface area contributed by atoms with E-state index in [1.807, 2.05) is 6.92 Å². The largest absolute Gasteiger partial charge is 0.381 e. The predicted octanol–water partition coefficient (Wildman–Crippen LogP) is 3.76. The number of ether oxygens (including phenoxy) is 1.